The van der Waals surface area contributed by atoms with E-state index in [1.54, 1.807) is 44.4 Å². The predicted octanol–water partition coefficient (Wildman–Crippen LogP) is -0.431. The molecule has 0 saturated heterocycles. The van der Waals surface area contributed by atoms with Crippen LogP contribution in [0, 0.1) is 0 Å². The summed E-state index contributed by atoms with van der Waals surface area (Å²) in [6.45, 7) is 3.33. The lowest BCUT2D eigenvalue weighted by Gasteiger charge is -2.26. The van der Waals surface area contributed by atoms with Gasteiger partial charge in [-0.3, -0.25) is 4.79 Å². The van der Waals surface area contributed by atoms with E-state index < -0.39 is 15.7 Å². The zero-order valence-electron chi connectivity index (χ0n) is 12.7. The van der Waals surface area contributed by atoms with E-state index in [2.05, 4.69) is 20.1 Å². The molecule has 0 bridgehead atoms. The standard InChI is InChI=1S/C13H18N6O3S/c1-13(2,9-17-23(14,21)22)18-12(20)10-4-6-15-11(8-10)19-7-3-5-16-19/h3-8,17H,9H2,1-2H3,(H,18,20)(H2,14,21,22). The normalized spacial score (nSPS) is 12.1. The highest BCUT2D eigenvalue weighted by molar-refractivity contribution is 7.87. The minimum Gasteiger partial charge on any atom is -0.346 e. The van der Waals surface area contributed by atoms with Crippen LogP contribution in [0.3, 0.4) is 0 Å². The smallest absolute Gasteiger partial charge is 0.274 e. The molecule has 2 rings (SSSR count). The number of nitrogens with zero attached hydrogens (tertiary/aromatic N) is 3. The van der Waals surface area contributed by atoms with Crippen molar-refractivity contribution in [3.8, 4) is 5.82 Å². The zero-order valence-corrected chi connectivity index (χ0v) is 13.5. The zero-order chi connectivity index (χ0) is 17.1. The van der Waals surface area contributed by atoms with Gasteiger partial charge in [0, 0.05) is 36.2 Å². The summed E-state index contributed by atoms with van der Waals surface area (Å²) < 4.78 is 25.6. The molecule has 0 unspecified atom stereocenters. The molecule has 0 aliphatic rings. The Bertz CT molecular complexity index is 786. The van der Waals surface area contributed by atoms with E-state index in [1.165, 1.54) is 10.9 Å². The van der Waals surface area contributed by atoms with Crippen LogP contribution in [0.5, 0.6) is 0 Å². The minimum absolute atomic E-state index is 0.0331. The van der Waals surface area contributed by atoms with Crippen LogP contribution in [0.2, 0.25) is 0 Å². The summed E-state index contributed by atoms with van der Waals surface area (Å²) in [5.74, 6) is 0.144. The lowest BCUT2D eigenvalue weighted by molar-refractivity contribution is 0.0914. The first-order chi connectivity index (χ1) is 10.7. The fraction of sp³-hybridized carbons (Fsp3) is 0.308. The molecule has 0 saturated carbocycles. The van der Waals surface area contributed by atoms with Gasteiger partial charge < -0.3 is 5.32 Å². The van der Waals surface area contributed by atoms with Crippen LogP contribution in [0.4, 0.5) is 0 Å². The Morgan fingerprint density at radius 3 is 2.74 bits per heavy atom. The highest BCUT2D eigenvalue weighted by Gasteiger charge is 2.23. The molecule has 10 heteroatoms. The van der Waals surface area contributed by atoms with E-state index in [4.69, 9.17) is 5.14 Å². The van der Waals surface area contributed by atoms with Crippen LogP contribution in [0.1, 0.15) is 24.2 Å². The number of hydrogen-bond acceptors (Lipinski definition) is 5. The van der Waals surface area contributed by atoms with Crippen molar-refractivity contribution in [1.82, 2.24) is 24.8 Å². The van der Waals surface area contributed by atoms with Gasteiger partial charge in [-0.2, -0.15) is 13.5 Å². The second-order valence-electron chi connectivity index (χ2n) is 5.56. The Labute approximate surface area is 134 Å². The topological polar surface area (TPSA) is 132 Å². The third-order valence-corrected chi connectivity index (χ3v) is 3.46. The first kappa shape index (κ1) is 17.1. The fourth-order valence-corrected chi connectivity index (χ4v) is 2.36. The van der Waals surface area contributed by atoms with Crippen LogP contribution in [0.15, 0.2) is 36.8 Å². The number of amides is 1. The molecular weight excluding hydrogens is 320 g/mol. The van der Waals surface area contributed by atoms with Crippen molar-refractivity contribution < 1.29 is 13.2 Å². The van der Waals surface area contributed by atoms with Gasteiger partial charge in [0.2, 0.25) is 0 Å². The third-order valence-electron chi connectivity index (χ3n) is 2.91. The van der Waals surface area contributed by atoms with E-state index in [0.717, 1.165) is 0 Å². The van der Waals surface area contributed by atoms with Crippen molar-refractivity contribution in [3.63, 3.8) is 0 Å². The van der Waals surface area contributed by atoms with Gasteiger partial charge in [0.15, 0.2) is 5.82 Å². The van der Waals surface area contributed by atoms with Gasteiger partial charge in [0.25, 0.3) is 16.1 Å². The number of rotatable bonds is 6. The Morgan fingerprint density at radius 2 is 2.13 bits per heavy atom. The maximum atomic E-state index is 12.3. The van der Waals surface area contributed by atoms with Gasteiger partial charge in [0.05, 0.1) is 0 Å². The second kappa shape index (κ2) is 6.44. The van der Waals surface area contributed by atoms with Gasteiger partial charge >= 0.3 is 0 Å². The predicted molar refractivity (Wildman–Crippen MR) is 84.0 cm³/mol. The number of nitrogens with two attached hydrogens (primary N) is 1. The molecule has 0 aliphatic heterocycles. The summed E-state index contributed by atoms with van der Waals surface area (Å²) in [6, 6.07) is 4.90. The molecule has 0 radical (unpaired) electrons. The fourth-order valence-electron chi connectivity index (χ4n) is 1.79. The molecule has 4 N–H and O–H groups in total. The Kier molecular flexibility index (Phi) is 4.78. The van der Waals surface area contributed by atoms with E-state index in [1.807, 2.05) is 0 Å². The van der Waals surface area contributed by atoms with Gasteiger partial charge in [-0.15, -0.1) is 0 Å². The first-order valence-corrected chi connectivity index (χ1v) is 8.27. The molecule has 0 spiro atoms. The summed E-state index contributed by atoms with van der Waals surface area (Å²) in [7, 11) is -3.82. The van der Waals surface area contributed by atoms with Gasteiger partial charge in [-0.05, 0) is 32.0 Å². The van der Waals surface area contributed by atoms with Crippen molar-refractivity contribution in [2.75, 3.05) is 6.54 Å². The first-order valence-electron chi connectivity index (χ1n) is 6.72. The van der Waals surface area contributed by atoms with E-state index >= 15 is 0 Å². The maximum Gasteiger partial charge on any atom is 0.274 e. The van der Waals surface area contributed by atoms with E-state index in [9.17, 15) is 13.2 Å². The molecule has 2 aromatic rings. The molecule has 9 nitrogen and oxygen atoms in total. The van der Waals surface area contributed by atoms with Gasteiger partial charge in [0.1, 0.15) is 0 Å². The SMILES string of the molecule is CC(C)(CNS(N)(=O)=O)NC(=O)c1ccnc(-n2cccn2)c1. The summed E-state index contributed by atoms with van der Waals surface area (Å²) in [6.07, 6.45) is 4.82. The third kappa shape index (κ3) is 5.13. The van der Waals surface area contributed by atoms with Gasteiger partial charge in [-0.1, -0.05) is 0 Å². The van der Waals surface area contributed by atoms with Crippen LogP contribution < -0.4 is 15.2 Å². The molecule has 124 valence electrons. The quantitative estimate of drug-likeness (QED) is 0.657. The molecule has 0 aliphatic carbocycles. The monoisotopic (exact) mass is 338 g/mol. The summed E-state index contributed by atoms with van der Waals surface area (Å²) >= 11 is 0. The molecule has 1 amide bonds. The second-order valence-corrected chi connectivity index (χ2v) is 6.94. The summed E-state index contributed by atoms with van der Waals surface area (Å²) in [4.78, 5) is 16.5. The molecule has 23 heavy (non-hydrogen) atoms. The van der Waals surface area contributed by atoms with Crippen molar-refractivity contribution in [2.24, 2.45) is 5.14 Å². The Balaban J connectivity index is 2.10. The van der Waals surface area contributed by atoms with Crippen molar-refractivity contribution in [3.05, 3.63) is 42.4 Å². The summed E-state index contributed by atoms with van der Waals surface area (Å²) in [5.41, 5.74) is -0.437. The lowest BCUT2D eigenvalue weighted by atomic mass is 10.1. The Morgan fingerprint density at radius 1 is 1.39 bits per heavy atom. The van der Waals surface area contributed by atoms with E-state index in [0.29, 0.717) is 11.4 Å². The molecule has 0 atom stereocenters. The average molecular weight is 338 g/mol. The number of carbonyl (C=O) groups excluding carboxylic acids is 1. The number of aromatic nitrogens is 3. The number of pyridine rings is 1. The minimum atomic E-state index is -3.82. The summed E-state index contributed by atoms with van der Waals surface area (Å²) in [5, 5.41) is 11.7. The number of hydrogen-bond donors (Lipinski definition) is 3. The molecule has 2 aromatic heterocycles. The van der Waals surface area contributed by atoms with Gasteiger partial charge in [-0.25, -0.2) is 19.5 Å². The van der Waals surface area contributed by atoms with Crippen molar-refractivity contribution in [1.29, 1.82) is 0 Å². The molecule has 0 aromatic carbocycles. The largest absolute Gasteiger partial charge is 0.346 e. The van der Waals surface area contributed by atoms with Crippen molar-refractivity contribution in [2.45, 2.75) is 19.4 Å². The highest BCUT2D eigenvalue weighted by atomic mass is 32.2. The van der Waals surface area contributed by atoms with Crippen LogP contribution in [-0.2, 0) is 10.2 Å². The number of nitrogens with one attached hydrogen (secondary N) is 2. The van der Waals surface area contributed by atoms with Crippen LogP contribution in [-0.4, -0.2) is 41.2 Å². The van der Waals surface area contributed by atoms with E-state index in [-0.39, 0.29) is 12.5 Å². The van der Waals surface area contributed by atoms with Crippen molar-refractivity contribution >= 4 is 16.1 Å². The lowest BCUT2D eigenvalue weighted by Crippen LogP contribution is -2.52. The van der Waals surface area contributed by atoms with Crippen LogP contribution >= 0.6 is 0 Å². The maximum absolute atomic E-state index is 12.3. The molecule has 0 fully saturated rings. The average Bonchev–Trinajstić information content (AvgIpc) is 2.99. The molecular formula is C13H18N6O3S. The molecule has 2 heterocycles. The Hall–Kier alpha value is -2.30. The number of carbonyl (C=O) groups is 1. The highest BCUT2D eigenvalue weighted by Crippen LogP contribution is 2.09. The van der Waals surface area contributed by atoms with Crippen LogP contribution in [0.25, 0.3) is 5.82 Å².